The molecule has 0 bridgehead atoms. The Morgan fingerprint density at radius 3 is 2.86 bits per heavy atom. The second-order valence-electron chi connectivity index (χ2n) is 4.70. The predicted octanol–water partition coefficient (Wildman–Crippen LogP) is 3.20. The summed E-state index contributed by atoms with van der Waals surface area (Å²) in [6.07, 6.45) is 3.48. The number of pyridine rings is 1. The Morgan fingerprint density at radius 2 is 2.18 bits per heavy atom. The van der Waals surface area contributed by atoms with Crippen molar-refractivity contribution in [1.29, 1.82) is 0 Å². The van der Waals surface area contributed by atoms with E-state index in [2.05, 4.69) is 15.1 Å². The largest absolute Gasteiger partial charge is 0.465 e. The van der Waals surface area contributed by atoms with Crippen molar-refractivity contribution in [3.8, 4) is 11.1 Å². The van der Waals surface area contributed by atoms with Crippen LogP contribution >= 0.6 is 0 Å². The van der Waals surface area contributed by atoms with Gasteiger partial charge in [-0.1, -0.05) is 25.1 Å². The van der Waals surface area contributed by atoms with E-state index in [0.717, 1.165) is 17.7 Å². The molecule has 0 saturated carbocycles. The first-order valence-electron chi connectivity index (χ1n) is 6.94. The molecule has 0 saturated heterocycles. The number of methoxy groups -OCH3 is 1. The first-order chi connectivity index (χ1) is 10.7. The summed E-state index contributed by atoms with van der Waals surface area (Å²) in [7, 11) is 1.34. The highest BCUT2D eigenvalue weighted by Crippen LogP contribution is 2.31. The van der Waals surface area contributed by atoms with Crippen LogP contribution in [0.3, 0.4) is 0 Å². The maximum Gasteiger partial charge on any atom is 0.337 e. The molecule has 1 heterocycles. The van der Waals surface area contributed by atoms with E-state index in [1.807, 2.05) is 13.0 Å². The molecule has 0 atom stereocenters. The van der Waals surface area contributed by atoms with Crippen molar-refractivity contribution in [2.24, 2.45) is 0 Å². The number of ether oxygens (including phenoxy) is 1. The number of rotatable bonds is 5. The van der Waals surface area contributed by atoms with Gasteiger partial charge in [-0.25, -0.2) is 9.64 Å². The minimum absolute atomic E-state index is 0.419. The second-order valence-corrected chi connectivity index (χ2v) is 4.70. The highest BCUT2D eigenvalue weighted by molar-refractivity contribution is 5.93. The fraction of sp³-hybridized carbons (Fsp3) is 0.235. The lowest BCUT2D eigenvalue weighted by Gasteiger charge is -2.09. The molecule has 0 aliphatic rings. The average molecular weight is 295 g/mol. The number of aromatic nitrogens is 1. The third-order valence-electron chi connectivity index (χ3n) is 3.22. The van der Waals surface area contributed by atoms with Crippen molar-refractivity contribution in [1.82, 2.24) is 10.3 Å². The highest BCUT2D eigenvalue weighted by atomic mass is 16.5. The minimum atomic E-state index is -0.422. The number of nitrogens with one attached hydrogen (secondary N) is 1. The van der Waals surface area contributed by atoms with Crippen LogP contribution < -0.4 is 5.32 Å². The number of carbonyl (C=O) groups is 1. The molecule has 0 spiro atoms. The van der Waals surface area contributed by atoms with E-state index >= 15 is 0 Å². The molecule has 5 heteroatoms. The molecule has 1 aromatic heterocycles. The number of nitrogens with zero attached hydrogens (tertiary/aromatic N) is 2. The number of benzene rings is 1. The van der Waals surface area contributed by atoms with Crippen LogP contribution in [0.5, 0.6) is 0 Å². The Balaban J connectivity index is 2.46. The molecule has 5 nitrogen and oxygen atoms in total. The molecule has 0 fully saturated rings. The summed E-state index contributed by atoms with van der Waals surface area (Å²) >= 11 is 0. The monoisotopic (exact) mass is 295 g/mol. The summed E-state index contributed by atoms with van der Waals surface area (Å²) in [6.45, 7) is 10.9. The molecule has 0 aliphatic heterocycles. The van der Waals surface area contributed by atoms with Crippen molar-refractivity contribution in [2.75, 3.05) is 13.7 Å². The standard InChI is InChI=1S/C17H17N3O2/c1-4-19-9-12-7-14(11-20-10-12)15-8-13(17(21)22-3)5-6-16(15)18-2/h5-8,10-11,19H,4,9H2,1,3H3. The van der Waals surface area contributed by atoms with Gasteiger partial charge in [0.05, 0.1) is 19.2 Å². The Kier molecular flexibility index (Phi) is 5.23. The van der Waals surface area contributed by atoms with Gasteiger partial charge in [-0.15, -0.1) is 0 Å². The summed E-state index contributed by atoms with van der Waals surface area (Å²) in [5, 5.41) is 3.24. The molecular formula is C17H17N3O2. The van der Waals surface area contributed by atoms with E-state index in [1.165, 1.54) is 7.11 Å². The lowest BCUT2D eigenvalue weighted by molar-refractivity contribution is 0.0601. The molecule has 22 heavy (non-hydrogen) atoms. The van der Waals surface area contributed by atoms with Gasteiger partial charge in [0.1, 0.15) is 0 Å². The number of esters is 1. The van der Waals surface area contributed by atoms with Gasteiger partial charge in [0.25, 0.3) is 0 Å². The van der Waals surface area contributed by atoms with Crippen LogP contribution in [0.1, 0.15) is 22.8 Å². The lowest BCUT2D eigenvalue weighted by atomic mass is 10.0. The van der Waals surface area contributed by atoms with Gasteiger partial charge < -0.3 is 10.1 Å². The Hall–Kier alpha value is -2.71. The van der Waals surface area contributed by atoms with Crippen LogP contribution in [0.4, 0.5) is 5.69 Å². The zero-order chi connectivity index (χ0) is 15.9. The zero-order valence-electron chi connectivity index (χ0n) is 12.6. The summed E-state index contributed by atoms with van der Waals surface area (Å²) < 4.78 is 4.74. The van der Waals surface area contributed by atoms with E-state index in [-0.39, 0.29) is 0 Å². The van der Waals surface area contributed by atoms with Gasteiger partial charge >= 0.3 is 5.97 Å². The van der Waals surface area contributed by atoms with Gasteiger partial charge in [0.15, 0.2) is 5.69 Å². The number of carbonyl (C=O) groups excluding carboxylic acids is 1. The van der Waals surface area contributed by atoms with Crippen LogP contribution in [-0.2, 0) is 11.3 Å². The first-order valence-corrected chi connectivity index (χ1v) is 6.94. The summed E-state index contributed by atoms with van der Waals surface area (Å²) in [5.74, 6) is -0.422. The quantitative estimate of drug-likeness (QED) is 0.680. The van der Waals surface area contributed by atoms with E-state index in [1.54, 1.807) is 30.6 Å². The van der Waals surface area contributed by atoms with Gasteiger partial charge in [-0.3, -0.25) is 4.98 Å². The third-order valence-corrected chi connectivity index (χ3v) is 3.22. The molecule has 112 valence electrons. The van der Waals surface area contributed by atoms with Crippen LogP contribution in [0, 0.1) is 6.57 Å². The van der Waals surface area contributed by atoms with Crippen LogP contribution in [0.15, 0.2) is 36.7 Å². The molecule has 0 amide bonds. The van der Waals surface area contributed by atoms with Crippen LogP contribution in [0.25, 0.3) is 16.0 Å². The molecule has 1 N–H and O–H groups in total. The summed E-state index contributed by atoms with van der Waals surface area (Å²) in [6, 6.07) is 6.87. The molecule has 0 aliphatic carbocycles. The molecule has 2 rings (SSSR count). The van der Waals surface area contributed by atoms with Crippen LogP contribution in [0.2, 0.25) is 0 Å². The van der Waals surface area contributed by atoms with E-state index in [4.69, 9.17) is 11.3 Å². The third kappa shape index (κ3) is 3.48. The van der Waals surface area contributed by atoms with Gasteiger partial charge in [-0.2, -0.15) is 0 Å². The van der Waals surface area contributed by atoms with Crippen molar-refractivity contribution in [2.45, 2.75) is 13.5 Å². The van der Waals surface area contributed by atoms with Crippen molar-refractivity contribution in [3.63, 3.8) is 0 Å². The zero-order valence-corrected chi connectivity index (χ0v) is 12.6. The van der Waals surface area contributed by atoms with Crippen molar-refractivity contribution in [3.05, 3.63) is 59.2 Å². The molecular weight excluding hydrogens is 278 g/mol. The second kappa shape index (κ2) is 7.34. The SMILES string of the molecule is [C-]#[N+]c1ccc(C(=O)OC)cc1-c1cncc(CNCC)c1. The first kappa shape index (κ1) is 15.7. The van der Waals surface area contributed by atoms with E-state index in [0.29, 0.717) is 23.4 Å². The maximum absolute atomic E-state index is 11.7. The van der Waals surface area contributed by atoms with E-state index < -0.39 is 5.97 Å². The Bertz CT molecular complexity index is 720. The Morgan fingerprint density at radius 1 is 1.36 bits per heavy atom. The fourth-order valence-corrected chi connectivity index (χ4v) is 2.11. The molecule has 1 aromatic carbocycles. The molecule has 2 aromatic rings. The van der Waals surface area contributed by atoms with E-state index in [9.17, 15) is 4.79 Å². The van der Waals surface area contributed by atoms with Crippen molar-refractivity contribution >= 4 is 11.7 Å². The summed E-state index contributed by atoms with van der Waals surface area (Å²) in [5.41, 5.74) is 3.42. The average Bonchev–Trinajstić information content (AvgIpc) is 2.58. The normalized spacial score (nSPS) is 10.0. The highest BCUT2D eigenvalue weighted by Gasteiger charge is 2.12. The molecule has 0 unspecified atom stereocenters. The fourth-order valence-electron chi connectivity index (χ4n) is 2.11. The maximum atomic E-state index is 11.7. The minimum Gasteiger partial charge on any atom is -0.465 e. The molecule has 0 radical (unpaired) electrons. The number of hydrogen-bond acceptors (Lipinski definition) is 4. The van der Waals surface area contributed by atoms with Gasteiger partial charge in [0.2, 0.25) is 0 Å². The predicted molar refractivity (Wildman–Crippen MR) is 84.7 cm³/mol. The summed E-state index contributed by atoms with van der Waals surface area (Å²) in [4.78, 5) is 19.4. The van der Waals surface area contributed by atoms with Gasteiger partial charge in [0, 0.05) is 18.9 Å². The lowest BCUT2D eigenvalue weighted by Crippen LogP contribution is -2.11. The topological polar surface area (TPSA) is 55.6 Å². The van der Waals surface area contributed by atoms with Gasteiger partial charge in [-0.05, 0) is 29.3 Å². The number of hydrogen-bond donors (Lipinski definition) is 1. The Labute approximate surface area is 129 Å². The van der Waals surface area contributed by atoms with Crippen molar-refractivity contribution < 1.29 is 9.53 Å². The smallest absolute Gasteiger partial charge is 0.337 e. The van der Waals surface area contributed by atoms with Crippen LogP contribution in [-0.4, -0.2) is 24.6 Å².